The lowest BCUT2D eigenvalue weighted by atomic mass is 10.0. The van der Waals surface area contributed by atoms with Gasteiger partial charge >= 0.3 is 0 Å². The van der Waals surface area contributed by atoms with Crippen molar-refractivity contribution in [1.29, 1.82) is 0 Å². The summed E-state index contributed by atoms with van der Waals surface area (Å²) in [6.07, 6.45) is 4.70. The highest BCUT2D eigenvalue weighted by Gasteiger charge is 2.38. The molecule has 0 bridgehead atoms. The Hall–Kier alpha value is -3.49. The smallest absolute Gasteiger partial charge is 0.247 e. The highest BCUT2D eigenvalue weighted by atomic mass is 32.2. The van der Waals surface area contributed by atoms with E-state index in [1.54, 1.807) is 38.6 Å². The topological polar surface area (TPSA) is 105 Å². The highest BCUT2D eigenvalue weighted by molar-refractivity contribution is 7.89. The van der Waals surface area contributed by atoms with Crippen LogP contribution in [0.2, 0.25) is 0 Å². The molecule has 4 rings (SSSR count). The average molecular weight is 551 g/mol. The number of para-hydroxylation sites is 1. The molecule has 0 unspecified atom stereocenters. The zero-order valence-electron chi connectivity index (χ0n) is 22.6. The molecule has 0 saturated heterocycles. The molecule has 0 fully saturated rings. The van der Waals surface area contributed by atoms with Crippen LogP contribution in [0, 0.1) is 17.8 Å². The van der Waals surface area contributed by atoms with Crippen LogP contribution in [0.15, 0.2) is 66.1 Å². The lowest BCUT2D eigenvalue weighted by molar-refractivity contribution is 0.0733. The summed E-state index contributed by atoms with van der Waals surface area (Å²) in [5.41, 5.74) is 2.30. The normalized spacial score (nSPS) is 19.5. The maximum absolute atomic E-state index is 13.7. The van der Waals surface area contributed by atoms with E-state index < -0.39 is 16.1 Å². The summed E-state index contributed by atoms with van der Waals surface area (Å²) in [7, 11) is -0.367. The number of hydrogen-bond acceptors (Lipinski definition) is 8. The predicted octanol–water partition coefficient (Wildman–Crippen LogP) is 2.79. The van der Waals surface area contributed by atoms with Gasteiger partial charge in [0.15, 0.2) is 0 Å². The molecule has 1 N–H and O–H groups in total. The van der Waals surface area contributed by atoms with E-state index in [-0.39, 0.29) is 35.8 Å². The van der Waals surface area contributed by atoms with Crippen molar-refractivity contribution in [2.75, 3.05) is 33.9 Å². The second-order valence-corrected chi connectivity index (χ2v) is 11.7. The van der Waals surface area contributed by atoms with Gasteiger partial charge in [0.2, 0.25) is 10.0 Å². The Balaban J connectivity index is 1.71. The summed E-state index contributed by atoms with van der Waals surface area (Å²) in [6.45, 7) is 4.74. The van der Waals surface area contributed by atoms with Crippen LogP contribution in [0.4, 0.5) is 0 Å². The SMILES string of the molecule is COc1ccccc1C#Cc1ccc2c(c1)O[C@H](CN(C)Cc1cncnc1)[C@@H](C)CN([C@H](C)CO)S2(=O)=O. The number of aromatic nitrogens is 2. The molecule has 0 saturated carbocycles. The van der Waals surface area contributed by atoms with Crippen LogP contribution < -0.4 is 9.47 Å². The van der Waals surface area contributed by atoms with Crippen molar-refractivity contribution in [3.05, 3.63) is 77.9 Å². The van der Waals surface area contributed by atoms with Crippen LogP contribution in [0.3, 0.4) is 0 Å². The summed E-state index contributed by atoms with van der Waals surface area (Å²) in [5, 5.41) is 9.87. The van der Waals surface area contributed by atoms with Gasteiger partial charge in [-0.1, -0.05) is 30.9 Å². The largest absolute Gasteiger partial charge is 0.495 e. The molecule has 10 heteroatoms. The molecule has 1 aliphatic rings. The number of aliphatic hydroxyl groups is 1. The zero-order chi connectivity index (χ0) is 28.0. The molecule has 39 heavy (non-hydrogen) atoms. The Labute approximate surface area is 230 Å². The van der Waals surface area contributed by atoms with Gasteiger partial charge < -0.3 is 14.6 Å². The van der Waals surface area contributed by atoms with E-state index in [4.69, 9.17) is 9.47 Å². The molecule has 3 atom stereocenters. The number of nitrogens with zero attached hydrogens (tertiary/aromatic N) is 4. The number of aliphatic hydroxyl groups excluding tert-OH is 1. The van der Waals surface area contributed by atoms with Crippen LogP contribution in [0.1, 0.15) is 30.5 Å². The molecular formula is C29H34N4O5S. The summed E-state index contributed by atoms with van der Waals surface area (Å²) in [5.74, 6) is 6.95. The number of benzene rings is 2. The Morgan fingerprint density at radius 1 is 1.21 bits per heavy atom. The summed E-state index contributed by atoms with van der Waals surface area (Å²) < 4.78 is 40.7. The Bertz CT molecular complexity index is 1440. The van der Waals surface area contributed by atoms with Crippen LogP contribution in [-0.4, -0.2) is 78.7 Å². The molecule has 0 amide bonds. The van der Waals surface area contributed by atoms with Gasteiger partial charge in [0, 0.05) is 55.1 Å². The maximum atomic E-state index is 13.7. The van der Waals surface area contributed by atoms with E-state index in [2.05, 4.69) is 26.7 Å². The van der Waals surface area contributed by atoms with Crippen LogP contribution >= 0.6 is 0 Å². The molecule has 3 aromatic rings. The molecule has 206 valence electrons. The molecule has 0 radical (unpaired) electrons. The second-order valence-electron chi connectivity index (χ2n) is 9.80. The second kappa shape index (κ2) is 12.6. The number of likely N-dealkylation sites (N-methyl/N-ethyl adjacent to an activating group) is 1. The van der Waals surface area contributed by atoms with Crippen molar-refractivity contribution in [2.24, 2.45) is 5.92 Å². The minimum absolute atomic E-state index is 0.0571. The fourth-order valence-electron chi connectivity index (χ4n) is 4.50. The summed E-state index contributed by atoms with van der Waals surface area (Å²) >= 11 is 0. The van der Waals surface area contributed by atoms with Crippen molar-refractivity contribution in [1.82, 2.24) is 19.2 Å². The Morgan fingerprint density at radius 3 is 2.67 bits per heavy atom. The van der Waals surface area contributed by atoms with E-state index in [0.717, 1.165) is 11.1 Å². The van der Waals surface area contributed by atoms with Gasteiger partial charge in [-0.2, -0.15) is 4.31 Å². The van der Waals surface area contributed by atoms with Gasteiger partial charge in [-0.25, -0.2) is 18.4 Å². The maximum Gasteiger partial charge on any atom is 0.247 e. The molecule has 0 spiro atoms. The summed E-state index contributed by atoms with van der Waals surface area (Å²) in [6, 6.07) is 11.7. The molecule has 2 heterocycles. The quantitative estimate of drug-likeness (QED) is 0.448. The van der Waals surface area contributed by atoms with Crippen molar-refractivity contribution in [2.45, 2.75) is 37.4 Å². The van der Waals surface area contributed by atoms with Crippen molar-refractivity contribution in [3.63, 3.8) is 0 Å². The fourth-order valence-corrected chi connectivity index (χ4v) is 6.33. The number of hydrogen-bond donors (Lipinski definition) is 1. The molecule has 9 nitrogen and oxygen atoms in total. The zero-order valence-corrected chi connectivity index (χ0v) is 23.4. The first-order chi connectivity index (χ1) is 18.7. The third-order valence-electron chi connectivity index (χ3n) is 6.67. The lowest BCUT2D eigenvalue weighted by Crippen LogP contribution is -2.49. The first kappa shape index (κ1) is 28.5. The van der Waals surface area contributed by atoms with Crippen LogP contribution in [-0.2, 0) is 16.6 Å². The van der Waals surface area contributed by atoms with Gasteiger partial charge in [-0.15, -0.1) is 0 Å². The minimum atomic E-state index is -3.93. The van der Waals surface area contributed by atoms with E-state index in [1.165, 1.54) is 16.7 Å². The first-order valence-electron chi connectivity index (χ1n) is 12.7. The van der Waals surface area contributed by atoms with E-state index in [0.29, 0.717) is 24.4 Å². The first-order valence-corrected chi connectivity index (χ1v) is 14.2. The standard InChI is InChI=1S/C29H34N4O5S/c1-21-16-33(22(2)19-34)39(35,36)29-12-10-23(9-11-25-7-5-6-8-26(25)37-4)13-27(29)38-28(21)18-32(3)17-24-14-30-20-31-15-24/h5-8,10,12-15,20-22,28,34H,16-19H2,1-4H3/t21-,22+,28+/m0/s1. The van der Waals surface area contributed by atoms with E-state index in [9.17, 15) is 13.5 Å². The third-order valence-corrected chi connectivity index (χ3v) is 8.69. The number of sulfonamides is 1. The van der Waals surface area contributed by atoms with Gasteiger partial charge in [0.25, 0.3) is 0 Å². The minimum Gasteiger partial charge on any atom is -0.495 e. The fraction of sp³-hybridized carbons (Fsp3) is 0.379. The number of fused-ring (bicyclic) bond motifs is 1. The Morgan fingerprint density at radius 2 is 1.95 bits per heavy atom. The van der Waals surface area contributed by atoms with Crippen LogP contribution in [0.5, 0.6) is 11.5 Å². The number of methoxy groups -OCH3 is 1. The van der Waals surface area contributed by atoms with Gasteiger partial charge in [-0.05, 0) is 44.3 Å². The van der Waals surface area contributed by atoms with Crippen LogP contribution in [0.25, 0.3) is 0 Å². The molecular weight excluding hydrogens is 516 g/mol. The molecule has 0 aliphatic carbocycles. The van der Waals surface area contributed by atoms with Gasteiger partial charge in [-0.3, -0.25) is 4.90 Å². The Kier molecular flexibility index (Phi) is 9.20. The van der Waals surface area contributed by atoms with Gasteiger partial charge in [0.05, 0.1) is 19.3 Å². The highest BCUT2D eigenvalue weighted by Crippen LogP contribution is 2.34. The van der Waals surface area contributed by atoms with E-state index >= 15 is 0 Å². The predicted molar refractivity (Wildman–Crippen MR) is 148 cm³/mol. The number of ether oxygens (including phenoxy) is 2. The molecule has 1 aromatic heterocycles. The average Bonchev–Trinajstić information content (AvgIpc) is 2.94. The molecule has 2 aromatic carbocycles. The van der Waals surface area contributed by atoms with Crippen molar-refractivity contribution < 1.29 is 23.0 Å². The number of rotatable bonds is 7. The third kappa shape index (κ3) is 6.75. The lowest BCUT2D eigenvalue weighted by Gasteiger charge is -2.37. The van der Waals surface area contributed by atoms with E-state index in [1.807, 2.05) is 38.2 Å². The monoisotopic (exact) mass is 550 g/mol. The van der Waals surface area contributed by atoms with Crippen molar-refractivity contribution in [3.8, 4) is 23.3 Å². The van der Waals surface area contributed by atoms with Crippen molar-refractivity contribution >= 4 is 10.0 Å². The summed E-state index contributed by atoms with van der Waals surface area (Å²) in [4.78, 5) is 10.3. The van der Waals surface area contributed by atoms with Gasteiger partial charge in [0.1, 0.15) is 28.8 Å². The molecule has 1 aliphatic heterocycles.